The second kappa shape index (κ2) is 5.07. The fourth-order valence-corrected chi connectivity index (χ4v) is 2.98. The number of para-hydroxylation sites is 2. The summed E-state index contributed by atoms with van der Waals surface area (Å²) in [6, 6.07) is 14.4. The van der Waals surface area contributed by atoms with Gasteiger partial charge in [-0.15, -0.1) is 11.8 Å². The Morgan fingerprint density at radius 2 is 2.00 bits per heavy atom. The molecule has 3 nitrogen and oxygen atoms in total. The lowest BCUT2D eigenvalue weighted by atomic mass is 10.1. The van der Waals surface area contributed by atoms with Crippen LogP contribution in [0.1, 0.15) is 5.56 Å². The lowest BCUT2D eigenvalue weighted by Gasteiger charge is -2.13. The van der Waals surface area contributed by atoms with Crippen LogP contribution in [0.25, 0.3) is 16.7 Å². The molecule has 0 fully saturated rings. The van der Waals surface area contributed by atoms with Gasteiger partial charge in [-0.1, -0.05) is 18.2 Å². The Morgan fingerprint density at radius 3 is 2.79 bits per heavy atom. The van der Waals surface area contributed by atoms with Crippen molar-refractivity contribution in [1.29, 1.82) is 0 Å². The van der Waals surface area contributed by atoms with Crippen LogP contribution in [-0.4, -0.2) is 15.8 Å². The first-order valence-electron chi connectivity index (χ1n) is 6.13. The predicted molar refractivity (Wildman–Crippen MR) is 80.7 cm³/mol. The van der Waals surface area contributed by atoms with Crippen LogP contribution in [0, 0.1) is 0 Å². The van der Waals surface area contributed by atoms with Crippen molar-refractivity contribution >= 4 is 22.8 Å². The Morgan fingerprint density at radius 1 is 1.16 bits per heavy atom. The number of rotatable bonds is 3. The minimum atomic E-state index is 0.527. The lowest BCUT2D eigenvalue weighted by Crippen LogP contribution is -2.05. The van der Waals surface area contributed by atoms with Crippen molar-refractivity contribution in [2.75, 3.05) is 6.26 Å². The normalized spacial score (nSPS) is 11.1. The molecule has 0 radical (unpaired) electrons. The van der Waals surface area contributed by atoms with Gasteiger partial charge in [-0.2, -0.15) is 0 Å². The summed E-state index contributed by atoms with van der Waals surface area (Å²) in [5.41, 5.74) is 10.3. The molecular formula is C15H15N3S. The first-order chi connectivity index (χ1) is 9.35. The van der Waals surface area contributed by atoms with Crippen molar-refractivity contribution in [3.63, 3.8) is 0 Å². The summed E-state index contributed by atoms with van der Waals surface area (Å²) in [5.74, 6) is 0. The number of benzene rings is 2. The van der Waals surface area contributed by atoms with Crippen LogP contribution < -0.4 is 5.73 Å². The SMILES string of the molecule is CSc1cccc(-n2cnc3ccccc32)c1CN. The number of imidazole rings is 1. The van der Waals surface area contributed by atoms with E-state index in [9.17, 15) is 0 Å². The van der Waals surface area contributed by atoms with Crippen LogP contribution in [0.5, 0.6) is 0 Å². The third-order valence-electron chi connectivity index (χ3n) is 3.25. The fraction of sp³-hybridized carbons (Fsp3) is 0.133. The number of hydrogen-bond acceptors (Lipinski definition) is 3. The quantitative estimate of drug-likeness (QED) is 0.743. The predicted octanol–water partition coefficient (Wildman–Crippen LogP) is 3.21. The average molecular weight is 269 g/mol. The average Bonchev–Trinajstić information content (AvgIpc) is 2.90. The zero-order valence-electron chi connectivity index (χ0n) is 10.7. The van der Waals surface area contributed by atoms with Crippen molar-refractivity contribution < 1.29 is 0 Å². The van der Waals surface area contributed by atoms with Gasteiger partial charge in [0.05, 0.1) is 16.7 Å². The molecule has 2 aromatic carbocycles. The Labute approximate surface area is 116 Å². The zero-order valence-corrected chi connectivity index (χ0v) is 11.5. The molecule has 0 atom stereocenters. The van der Waals surface area contributed by atoms with Crippen molar-refractivity contribution in [3.05, 3.63) is 54.4 Å². The summed E-state index contributed by atoms with van der Waals surface area (Å²) in [6.45, 7) is 0.527. The van der Waals surface area contributed by atoms with Crippen LogP contribution in [0.2, 0.25) is 0 Å². The maximum atomic E-state index is 5.93. The first-order valence-corrected chi connectivity index (χ1v) is 7.36. The maximum Gasteiger partial charge on any atom is 0.100 e. The van der Waals surface area contributed by atoms with Crippen molar-refractivity contribution in [3.8, 4) is 5.69 Å². The molecule has 0 aliphatic carbocycles. The van der Waals surface area contributed by atoms with E-state index in [2.05, 4.69) is 40.1 Å². The summed E-state index contributed by atoms with van der Waals surface area (Å²) >= 11 is 1.72. The van der Waals surface area contributed by atoms with E-state index in [1.165, 1.54) is 4.90 Å². The number of fused-ring (bicyclic) bond motifs is 1. The fourth-order valence-electron chi connectivity index (χ4n) is 2.33. The monoisotopic (exact) mass is 269 g/mol. The lowest BCUT2D eigenvalue weighted by molar-refractivity contribution is 0.968. The molecule has 3 aromatic rings. The van der Waals surface area contributed by atoms with E-state index >= 15 is 0 Å². The van der Waals surface area contributed by atoms with Gasteiger partial charge in [0.2, 0.25) is 0 Å². The highest BCUT2D eigenvalue weighted by Gasteiger charge is 2.10. The molecule has 1 heterocycles. The van der Waals surface area contributed by atoms with Gasteiger partial charge in [0.1, 0.15) is 6.33 Å². The number of aromatic nitrogens is 2. The molecule has 0 aliphatic rings. The second-order valence-electron chi connectivity index (χ2n) is 4.27. The number of nitrogens with two attached hydrogens (primary N) is 1. The summed E-state index contributed by atoms with van der Waals surface area (Å²) in [4.78, 5) is 5.66. The van der Waals surface area contributed by atoms with Gasteiger partial charge >= 0.3 is 0 Å². The van der Waals surface area contributed by atoms with Crippen LogP contribution in [-0.2, 0) is 6.54 Å². The molecule has 1 aromatic heterocycles. The van der Waals surface area contributed by atoms with Gasteiger partial charge in [-0.05, 0) is 30.5 Å². The summed E-state index contributed by atoms with van der Waals surface area (Å²) in [7, 11) is 0. The van der Waals surface area contributed by atoms with Gasteiger partial charge in [0.25, 0.3) is 0 Å². The first kappa shape index (κ1) is 12.3. The smallest absolute Gasteiger partial charge is 0.100 e. The molecule has 4 heteroatoms. The van der Waals surface area contributed by atoms with Crippen molar-refractivity contribution in [1.82, 2.24) is 9.55 Å². The van der Waals surface area contributed by atoms with Crippen molar-refractivity contribution in [2.24, 2.45) is 5.73 Å². The second-order valence-corrected chi connectivity index (χ2v) is 5.11. The van der Waals surface area contributed by atoms with E-state index in [4.69, 9.17) is 5.73 Å². The molecule has 3 rings (SSSR count). The van der Waals surface area contributed by atoms with Gasteiger partial charge in [-0.3, -0.25) is 4.57 Å². The van der Waals surface area contributed by atoms with Crippen LogP contribution >= 0.6 is 11.8 Å². The van der Waals surface area contributed by atoms with E-state index in [1.807, 2.05) is 24.5 Å². The molecule has 0 amide bonds. The standard InChI is InChI=1S/C15H15N3S/c1-19-15-8-4-7-13(11(15)9-16)18-10-17-12-5-2-3-6-14(12)18/h2-8,10H,9,16H2,1H3. The highest BCUT2D eigenvalue weighted by Crippen LogP contribution is 2.27. The van der Waals surface area contributed by atoms with E-state index in [-0.39, 0.29) is 0 Å². The van der Waals surface area contributed by atoms with E-state index < -0.39 is 0 Å². The highest BCUT2D eigenvalue weighted by atomic mass is 32.2. The summed E-state index contributed by atoms with van der Waals surface area (Å²) in [6.07, 6.45) is 3.94. The van der Waals surface area contributed by atoms with Gasteiger partial charge < -0.3 is 5.73 Å². The number of hydrogen-bond donors (Lipinski definition) is 1. The molecule has 0 bridgehead atoms. The molecule has 2 N–H and O–H groups in total. The Hall–Kier alpha value is -1.78. The van der Waals surface area contributed by atoms with E-state index in [0.717, 1.165) is 22.3 Å². The van der Waals surface area contributed by atoms with Crippen LogP contribution in [0.4, 0.5) is 0 Å². The summed E-state index contributed by atoms with van der Waals surface area (Å²) < 4.78 is 2.11. The minimum Gasteiger partial charge on any atom is -0.326 e. The molecule has 0 saturated heterocycles. The Balaban J connectivity index is 2.27. The van der Waals surface area contributed by atoms with Crippen molar-refractivity contribution in [2.45, 2.75) is 11.4 Å². The van der Waals surface area contributed by atoms with Crippen LogP contribution in [0.3, 0.4) is 0 Å². The minimum absolute atomic E-state index is 0.527. The van der Waals surface area contributed by atoms with Crippen LogP contribution in [0.15, 0.2) is 53.7 Å². The number of nitrogens with zero attached hydrogens (tertiary/aromatic N) is 2. The zero-order chi connectivity index (χ0) is 13.2. The molecule has 0 spiro atoms. The van der Waals surface area contributed by atoms with Gasteiger partial charge in [0.15, 0.2) is 0 Å². The molecule has 96 valence electrons. The molecule has 0 aliphatic heterocycles. The van der Waals surface area contributed by atoms with Gasteiger partial charge in [-0.25, -0.2) is 4.98 Å². The maximum absolute atomic E-state index is 5.93. The van der Waals surface area contributed by atoms with E-state index in [0.29, 0.717) is 6.54 Å². The largest absolute Gasteiger partial charge is 0.326 e. The molecule has 0 unspecified atom stereocenters. The van der Waals surface area contributed by atoms with E-state index in [1.54, 1.807) is 11.8 Å². The van der Waals surface area contributed by atoms with Gasteiger partial charge in [0, 0.05) is 17.0 Å². The topological polar surface area (TPSA) is 43.8 Å². The molecule has 0 saturated carbocycles. The third kappa shape index (κ3) is 2.03. The highest BCUT2D eigenvalue weighted by molar-refractivity contribution is 7.98. The molecular weight excluding hydrogens is 254 g/mol. The Bertz CT molecular complexity index is 718. The molecule has 19 heavy (non-hydrogen) atoms. The summed E-state index contributed by atoms with van der Waals surface area (Å²) in [5, 5.41) is 0. The number of thioether (sulfide) groups is 1. The third-order valence-corrected chi connectivity index (χ3v) is 4.07. The Kier molecular flexibility index (Phi) is 3.27.